The van der Waals surface area contributed by atoms with E-state index < -0.39 is 10.0 Å². The van der Waals surface area contributed by atoms with E-state index in [2.05, 4.69) is 4.99 Å². The molecule has 0 aromatic heterocycles. The maximum Gasteiger partial charge on any atom is 0.241 e. The number of rotatable bonds is 1. The Morgan fingerprint density at radius 2 is 2.21 bits per heavy atom. The van der Waals surface area contributed by atoms with Crippen LogP contribution in [0.5, 0.6) is 5.75 Å². The Bertz CT molecular complexity index is 493. The van der Waals surface area contributed by atoms with Crippen molar-refractivity contribution in [2.24, 2.45) is 10.1 Å². The Labute approximate surface area is 81.3 Å². The van der Waals surface area contributed by atoms with Crippen LogP contribution < -0.4 is 9.88 Å². The van der Waals surface area contributed by atoms with Crippen LogP contribution in [0.15, 0.2) is 28.1 Å². The van der Waals surface area contributed by atoms with Crippen molar-refractivity contribution in [1.29, 1.82) is 0 Å². The zero-order valence-corrected chi connectivity index (χ0v) is 7.99. The molecule has 0 bridgehead atoms. The number of hydrogen-bond acceptors (Lipinski definition) is 4. The molecule has 14 heavy (non-hydrogen) atoms. The average molecular weight is 212 g/mol. The Kier molecular flexibility index (Phi) is 2.01. The molecule has 1 aliphatic rings. The van der Waals surface area contributed by atoms with Crippen molar-refractivity contribution >= 4 is 21.9 Å². The molecule has 0 fully saturated rings. The number of aliphatic imine (C=N–C) groups is 1. The van der Waals surface area contributed by atoms with Gasteiger partial charge in [0.15, 0.2) is 5.75 Å². The number of fused-ring (bicyclic) bond motifs is 1. The normalized spacial score (nSPS) is 14.6. The molecule has 0 saturated heterocycles. The van der Waals surface area contributed by atoms with Crippen molar-refractivity contribution in [3.05, 3.63) is 18.2 Å². The fourth-order valence-corrected chi connectivity index (χ4v) is 1.92. The molecule has 1 heterocycles. The maximum atomic E-state index is 11.2. The highest BCUT2D eigenvalue weighted by atomic mass is 32.2. The largest absolute Gasteiger partial charge is 0.484 e. The van der Waals surface area contributed by atoms with Gasteiger partial charge in [-0.15, -0.1) is 0 Å². The average Bonchev–Trinajstić information content (AvgIpc) is 2.15. The molecule has 0 amide bonds. The molecule has 2 N–H and O–H groups in total. The van der Waals surface area contributed by atoms with Gasteiger partial charge in [0, 0.05) is 6.21 Å². The molecule has 5 nitrogen and oxygen atoms in total. The van der Waals surface area contributed by atoms with Gasteiger partial charge in [0.05, 0.1) is 0 Å². The van der Waals surface area contributed by atoms with E-state index in [0.29, 0.717) is 5.69 Å². The minimum atomic E-state index is -3.74. The number of nitrogens with two attached hydrogens (primary N) is 1. The number of para-hydroxylation sites is 1. The van der Waals surface area contributed by atoms with Crippen LogP contribution in [0, 0.1) is 0 Å². The molecule has 0 aliphatic carbocycles. The molecular formula is C8H8N2O3S. The summed E-state index contributed by atoms with van der Waals surface area (Å²) in [6.45, 7) is 0.263. The van der Waals surface area contributed by atoms with Crippen LogP contribution in [0.2, 0.25) is 0 Å². The second kappa shape index (κ2) is 3.07. The van der Waals surface area contributed by atoms with E-state index in [1.54, 1.807) is 18.3 Å². The van der Waals surface area contributed by atoms with Crippen molar-refractivity contribution in [2.75, 3.05) is 6.61 Å². The number of nitrogens with zero attached hydrogens (tertiary/aromatic N) is 1. The van der Waals surface area contributed by atoms with Crippen LogP contribution >= 0.6 is 0 Å². The van der Waals surface area contributed by atoms with Crippen molar-refractivity contribution in [2.45, 2.75) is 4.90 Å². The van der Waals surface area contributed by atoms with Gasteiger partial charge >= 0.3 is 0 Å². The van der Waals surface area contributed by atoms with Crippen molar-refractivity contribution in [3.63, 3.8) is 0 Å². The molecule has 74 valence electrons. The fraction of sp³-hybridized carbons (Fsp3) is 0.125. The highest BCUT2D eigenvalue weighted by Crippen LogP contribution is 2.35. The quantitative estimate of drug-likeness (QED) is 0.732. The lowest BCUT2D eigenvalue weighted by Crippen LogP contribution is -2.15. The third-order valence-electron chi connectivity index (χ3n) is 1.80. The first kappa shape index (κ1) is 9.17. The van der Waals surface area contributed by atoms with Crippen LogP contribution in [0.25, 0.3) is 0 Å². The van der Waals surface area contributed by atoms with E-state index >= 15 is 0 Å². The molecular weight excluding hydrogens is 204 g/mol. The standard InChI is InChI=1S/C8H8N2O3S/c9-14(11,12)7-3-1-2-6-8(7)13-5-4-10-6/h1-4H,5H2,(H2,9,11,12). The Morgan fingerprint density at radius 3 is 2.93 bits per heavy atom. The summed E-state index contributed by atoms with van der Waals surface area (Å²) >= 11 is 0. The monoisotopic (exact) mass is 212 g/mol. The molecule has 0 saturated carbocycles. The third kappa shape index (κ3) is 1.49. The first-order chi connectivity index (χ1) is 6.59. The van der Waals surface area contributed by atoms with Crippen LogP contribution in [-0.2, 0) is 10.0 Å². The topological polar surface area (TPSA) is 81.8 Å². The highest BCUT2D eigenvalue weighted by Gasteiger charge is 2.19. The fourth-order valence-electron chi connectivity index (χ4n) is 1.23. The minimum absolute atomic E-state index is 0.0214. The van der Waals surface area contributed by atoms with Crippen LogP contribution in [0.4, 0.5) is 5.69 Å². The number of sulfonamides is 1. The second-order valence-corrected chi connectivity index (χ2v) is 4.30. The van der Waals surface area contributed by atoms with Crippen LogP contribution in [0.1, 0.15) is 0 Å². The number of ether oxygens (including phenoxy) is 1. The van der Waals surface area contributed by atoms with Crippen molar-refractivity contribution in [3.8, 4) is 5.75 Å². The van der Waals surface area contributed by atoms with Crippen LogP contribution in [-0.4, -0.2) is 21.2 Å². The van der Waals surface area contributed by atoms with E-state index in [-0.39, 0.29) is 17.3 Å². The zero-order chi connectivity index (χ0) is 10.2. The van der Waals surface area contributed by atoms with E-state index in [1.807, 2.05) is 0 Å². The number of hydrogen-bond donors (Lipinski definition) is 1. The van der Waals surface area contributed by atoms with Crippen molar-refractivity contribution in [1.82, 2.24) is 0 Å². The van der Waals surface area contributed by atoms with E-state index in [1.165, 1.54) is 6.07 Å². The van der Waals surface area contributed by atoms with Gasteiger partial charge in [-0.3, -0.25) is 4.99 Å². The Balaban J connectivity index is 2.69. The first-order valence-electron chi connectivity index (χ1n) is 3.90. The number of benzene rings is 1. The summed E-state index contributed by atoms with van der Waals surface area (Å²) in [6, 6.07) is 4.64. The lowest BCUT2D eigenvalue weighted by molar-refractivity contribution is 0.366. The van der Waals surface area contributed by atoms with E-state index in [0.717, 1.165) is 0 Å². The highest BCUT2D eigenvalue weighted by molar-refractivity contribution is 7.89. The van der Waals surface area contributed by atoms with Gasteiger partial charge in [0.2, 0.25) is 10.0 Å². The number of primary sulfonamides is 1. The molecule has 1 aromatic carbocycles. The lowest BCUT2D eigenvalue weighted by atomic mass is 10.3. The Hall–Kier alpha value is -1.40. The summed E-state index contributed by atoms with van der Waals surface area (Å²) in [7, 11) is -3.74. The van der Waals surface area contributed by atoms with Crippen molar-refractivity contribution < 1.29 is 13.2 Å². The van der Waals surface area contributed by atoms with E-state index in [9.17, 15) is 8.42 Å². The predicted molar refractivity (Wildman–Crippen MR) is 51.5 cm³/mol. The van der Waals surface area contributed by atoms with Gasteiger partial charge in [-0.05, 0) is 12.1 Å². The summed E-state index contributed by atoms with van der Waals surface area (Å²) in [5, 5.41) is 5.02. The smallest absolute Gasteiger partial charge is 0.241 e. The third-order valence-corrected chi connectivity index (χ3v) is 2.73. The molecule has 0 atom stereocenters. The van der Waals surface area contributed by atoms with E-state index in [4.69, 9.17) is 9.88 Å². The SMILES string of the molecule is NS(=O)(=O)c1cccc2c1OCC=N2. The van der Waals surface area contributed by atoms with Gasteiger partial charge < -0.3 is 4.74 Å². The van der Waals surface area contributed by atoms with Gasteiger partial charge in [-0.2, -0.15) is 0 Å². The summed E-state index contributed by atoms with van der Waals surface area (Å²) in [5.74, 6) is 0.234. The van der Waals surface area contributed by atoms with Gasteiger partial charge in [0.25, 0.3) is 0 Å². The van der Waals surface area contributed by atoms with Gasteiger partial charge in [-0.1, -0.05) is 6.07 Å². The Morgan fingerprint density at radius 1 is 1.43 bits per heavy atom. The molecule has 1 aromatic rings. The molecule has 0 radical (unpaired) electrons. The molecule has 2 rings (SSSR count). The van der Waals surface area contributed by atoms with Gasteiger partial charge in [-0.25, -0.2) is 13.6 Å². The minimum Gasteiger partial charge on any atom is -0.484 e. The second-order valence-electron chi connectivity index (χ2n) is 2.77. The molecule has 0 unspecified atom stereocenters. The summed E-state index contributed by atoms with van der Waals surface area (Å²) < 4.78 is 27.5. The summed E-state index contributed by atoms with van der Waals surface area (Å²) in [5.41, 5.74) is 0.489. The van der Waals surface area contributed by atoms with Gasteiger partial charge in [0.1, 0.15) is 17.2 Å². The molecule has 6 heteroatoms. The maximum absolute atomic E-state index is 11.2. The predicted octanol–water partition coefficient (Wildman–Crippen LogP) is 0.429. The molecule has 0 spiro atoms. The molecule has 1 aliphatic heterocycles. The zero-order valence-electron chi connectivity index (χ0n) is 7.17. The summed E-state index contributed by atoms with van der Waals surface area (Å²) in [6.07, 6.45) is 1.56. The summed E-state index contributed by atoms with van der Waals surface area (Å²) in [4.78, 5) is 3.98. The lowest BCUT2D eigenvalue weighted by Gasteiger charge is -2.13. The van der Waals surface area contributed by atoms with Crippen LogP contribution in [0.3, 0.4) is 0 Å². The first-order valence-corrected chi connectivity index (χ1v) is 5.45.